The molecule has 2 N–H and O–H groups in total. The molecule has 4 atom stereocenters. The lowest BCUT2D eigenvalue weighted by Crippen LogP contribution is -2.55. The summed E-state index contributed by atoms with van der Waals surface area (Å²) in [7, 11) is 0. The monoisotopic (exact) mass is 246 g/mol. The van der Waals surface area contributed by atoms with Gasteiger partial charge in [0.15, 0.2) is 0 Å². The van der Waals surface area contributed by atoms with Crippen LogP contribution in [0.4, 0.5) is 0 Å². The van der Waals surface area contributed by atoms with Crippen molar-refractivity contribution in [3.63, 3.8) is 0 Å². The summed E-state index contributed by atoms with van der Waals surface area (Å²) in [5, 5.41) is 19.8. The number of phenolic OH excluding ortho intramolecular Hbond substituents is 1. The summed E-state index contributed by atoms with van der Waals surface area (Å²) in [6.07, 6.45) is 2.36. The maximum Gasteiger partial charge on any atom is 0.119 e. The predicted octanol–water partition coefficient (Wildman–Crippen LogP) is 3.15. The number of hydrogen-bond acceptors (Lipinski definition) is 2. The molecule has 18 heavy (non-hydrogen) atoms. The van der Waals surface area contributed by atoms with Crippen molar-refractivity contribution in [3.05, 3.63) is 29.8 Å². The zero-order chi connectivity index (χ0) is 12.9. The number of para-hydroxylation sites is 1. The Hall–Kier alpha value is -1.02. The molecule has 1 aromatic carbocycles. The normalized spacial score (nSPS) is 37.1. The summed E-state index contributed by atoms with van der Waals surface area (Å²) in [4.78, 5) is 0. The maximum atomic E-state index is 10.0. The van der Waals surface area contributed by atoms with Crippen LogP contribution in [0.15, 0.2) is 24.3 Å². The molecule has 3 saturated carbocycles. The first-order valence-electron chi connectivity index (χ1n) is 6.94. The minimum Gasteiger partial charge on any atom is -0.508 e. The highest BCUT2D eigenvalue weighted by Crippen LogP contribution is 2.65. The second kappa shape index (κ2) is 3.99. The van der Waals surface area contributed by atoms with E-state index < -0.39 is 0 Å². The summed E-state index contributed by atoms with van der Waals surface area (Å²) in [6.45, 7) is 4.89. The zero-order valence-electron chi connectivity index (χ0n) is 11.1. The molecule has 0 radical (unpaired) electrons. The minimum absolute atomic E-state index is 0.236. The molecular weight excluding hydrogens is 224 g/mol. The third kappa shape index (κ3) is 1.51. The molecule has 2 nitrogen and oxygen atoms in total. The molecule has 0 saturated heterocycles. The van der Waals surface area contributed by atoms with Crippen LogP contribution in [0.25, 0.3) is 0 Å². The molecule has 3 aliphatic carbocycles. The molecule has 4 rings (SSSR count). The second-order valence-corrected chi connectivity index (χ2v) is 6.61. The third-order valence-electron chi connectivity index (χ3n) is 5.67. The smallest absolute Gasteiger partial charge is 0.119 e. The van der Waals surface area contributed by atoms with Crippen LogP contribution >= 0.6 is 0 Å². The van der Waals surface area contributed by atoms with Crippen LogP contribution in [-0.2, 0) is 0 Å². The Morgan fingerprint density at radius 3 is 2.56 bits per heavy atom. The quantitative estimate of drug-likeness (QED) is 0.841. The number of benzene rings is 1. The molecule has 3 aliphatic rings. The lowest BCUT2D eigenvalue weighted by atomic mass is 9.42. The van der Waals surface area contributed by atoms with Gasteiger partial charge >= 0.3 is 0 Å². The predicted molar refractivity (Wildman–Crippen MR) is 71.4 cm³/mol. The average Bonchev–Trinajstić information content (AvgIpc) is 2.38. The molecule has 2 heteroatoms. The molecule has 1 aromatic rings. The lowest BCUT2D eigenvalue weighted by molar-refractivity contribution is -0.128. The van der Waals surface area contributed by atoms with E-state index in [2.05, 4.69) is 13.8 Å². The Kier molecular flexibility index (Phi) is 2.67. The van der Waals surface area contributed by atoms with Gasteiger partial charge in [-0.1, -0.05) is 32.0 Å². The molecule has 3 fully saturated rings. The first kappa shape index (κ1) is 12.0. The summed E-state index contributed by atoms with van der Waals surface area (Å²) in [6, 6.07) is 7.62. The van der Waals surface area contributed by atoms with E-state index >= 15 is 0 Å². The van der Waals surface area contributed by atoms with Crippen molar-refractivity contribution in [2.45, 2.75) is 32.6 Å². The molecule has 0 amide bonds. The fourth-order valence-corrected chi connectivity index (χ4v) is 4.36. The third-order valence-corrected chi connectivity index (χ3v) is 5.67. The van der Waals surface area contributed by atoms with Crippen LogP contribution in [0.2, 0.25) is 0 Å². The highest BCUT2D eigenvalue weighted by molar-refractivity contribution is 5.37. The lowest BCUT2D eigenvalue weighted by Gasteiger charge is -2.62. The number of phenols is 1. The van der Waals surface area contributed by atoms with Crippen molar-refractivity contribution in [1.82, 2.24) is 0 Å². The van der Waals surface area contributed by atoms with E-state index in [4.69, 9.17) is 0 Å². The Bertz CT molecular complexity index is 452. The largest absolute Gasteiger partial charge is 0.508 e. The molecular formula is C16H22O2. The van der Waals surface area contributed by atoms with Crippen LogP contribution in [0, 0.1) is 23.2 Å². The van der Waals surface area contributed by atoms with Crippen molar-refractivity contribution < 1.29 is 10.2 Å². The van der Waals surface area contributed by atoms with E-state index in [1.807, 2.05) is 18.2 Å². The van der Waals surface area contributed by atoms with Gasteiger partial charge in [-0.3, -0.25) is 0 Å². The number of aliphatic hydroxyl groups is 1. The Balaban J connectivity index is 1.93. The molecule has 2 bridgehead atoms. The Morgan fingerprint density at radius 1 is 1.22 bits per heavy atom. The summed E-state index contributed by atoms with van der Waals surface area (Å²) >= 11 is 0. The molecule has 0 heterocycles. The molecule has 0 aromatic heterocycles. The maximum absolute atomic E-state index is 10.0. The molecule has 0 aliphatic heterocycles. The minimum atomic E-state index is 0.236. The van der Waals surface area contributed by atoms with Gasteiger partial charge in [0, 0.05) is 6.61 Å². The van der Waals surface area contributed by atoms with Crippen molar-refractivity contribution in [2.24, 2.45) is 23.2 Å². The fourth-order valence-electron chi connectivity index (χ4n) is 4.36. The van der Waals surface area contributed by atoms with E-state index in [0.29, 0.717) is 28.9 Å². The average molecular weight is 246 g/mol. The topological polar surface area (TPSA) is 40.5 Å². The zero-order valence-corrected chi connectivity index (χ0v) is 11.1. The highest BCUT2D eigenvalue weighted by atomic mass is 16.3. The van der Waals surface area contributed by atoms with E-state index in [-0.39, 0.29) is 6.61 Å². The van der Waals surface area contributed by atoms with Crippen LogP contribution in [0.5, 0.6) is 5.75 Å². The van der Waals surface area contributed by atoms with Gasteiger partial charge in [-0.2, -0.15) is 0 Å². The van der Waals surface area contributed by atoms with Gasteiger partial charge in [0.1, 0.15) is 5.75 Å². The number of rotatable bonds is 2. The van der Waals surface area contributed by atoms with Crippen LogP contribution in [-0.4, -0.2) is 16.8 Å². The van der Waals surface area contributed by atoms with Crippen LogP contribution in [0.1, 0.15) is 38.2 Å². The molecule has 0 spiro atoms. The summed E-state index contributed by atoms with van der Waals surface area (Å²) < 4.78 is 0. The van der Waals surface area contributed by atoms with E-state index in [1.165, 1.54) is 6.42 Å². The van der Waals surface area contributed by atoms with Gasteiger partial charge in [0.25, 0.3) is 0 Å². The van der Waals surface area contributed by atoms with E-state index in [0.717, 1.165) is 17.9 Å². The molecule has 98 valence electrons. The Labute approximate surface area is 109 Å². The number of fused-ring (bicyclic) bond motifs is 2. The summed E-state index contributed by atoms with van der Waals surface area (Å²) in [5.74, 6) is 2.37. The van der Waals surface area contributed by atoms with Crippen LogP contribution < -0.4 is 0 Å². The van der Waals surface area contributed by atoms with E-state index in [1.54, 1.807) is 6.07 Å². The van der Waals surface area contributed by atoms with Crippen molar-refractivity contribution >= 4 is 0 Å². The van der Waals surface area contributed by atoms with Gasteiger partial charge < -0.3 is 10.2 Å². The van der Waals surface area contributed by atoms with Gasteiger partial charge in [-0.15, -0.1) is 0 Å². The number of aliphatic hydroxyl groups excluding tert-OH is 1. The molecule has 4 unspecified atom stereocenters. The first-order valence-corrected chi connectivity index (χ1v) is 6.94. The van der Waals surface area contributed by atoms with E-state index in [9.17, 15) is 10.2 Å². The number of hydrogen-bond donors (Lipinski definition) is 2. The van der Waals surface area contributed by atoms with Crippen molar-refractivity contribution in [1.29, 1.82) is 0 Å². The first-order chi connectivity index (χ1) is 8.55. The van der Waals surface area contributed by atoms with Gasteiger partial charge in [-0.05, 0) is 53.6 Å². The highest BCUT2D eigenvalue weighted by Gasteiger charge is 2.57. The van der Waals surface area contributed by atoms with Crippen LogP contribution in [0.3, 0.4) is 0 Å². The second-order valence-electron chi connectivity index (χ2n) is 6.61. The summed E-state index contributed by atoms with van der Waals surface area (Å²) in [5.41, 5.74) is 1.40. The Morgan fingerprint density at radius 2 is 1.94 bits per heavy atom. The van der Waals surface area contributed by atoms with Gasteiger partial charge in [0.05, 0.1) is 0 Å². The standard InChI is InChI=1S/C16H22O2/c1-16(2)10-7-12(13(9-17)14(16)8-10)11-5-3-4-6-15(11)18/h3-6,10,12-14,17-18H,7-9H2,1-2H3. The number of aromatic hydroxyl groups is 1. The van der Waals surface area contributed by atoms with Gasteiger partial charge in [0.2, 0.25) is 0 Å². The van der Waals surface area contributed by atoms with Crippen molar-refractivity contribution in [3.8, 4) is 5.75 Å². The van der Waals surface area contributed by atoms with Gasteiger partial charge in [-0.25, -0.2) is 0 Å². The fraction of sp³-hybridized carbons (Fsp3) is 0.625. The SMILES string of the molecule is CC1(C)C2CC(c3ccccc3O)C(CO)C1C2. The van der Waals surface area contributed by atoms with Crippen molar-refractivity contribution in [2.75, 3.05) is 6.61 Å².